The Morgan fingerprint density at radius 2 is 2.00 bits per heavy atom. The van der Waals surface area contributed by atoms with Gasteiger partial charge in [0.1, 0.15) is 23.4 Å². The number of phenols is 1. The highest BCUT2D eigenvalue weighted by atomic mass is 35.5. The van der Waals surface area contributed by atoms with Crippen LogP contribution in [0, 0.1) is 5.82 Å². The number of piperazine rings is 1. The zero-order valence-corrected chi connectivity index (χ0v) is 19.8. The molecule has 3 N–H and O–H groups in total. The lowest BCUT2D eigenvalue weighted by Crippen LogP contribution is -2.48. The Kier molecular flexibility index (Phi) is 6.40. The predicted molar refractivity (Wildman–Crippen MR) is 136 cm³/mol. The largest absolute Gasteiger partial charge is 0.508 e. The van der Waals surface area contributed by atoms with Crippen LogP contribution in [-0.4, -0.2) is 58.6 Å². The maximum absolute atomic E-state index is 16.0. The summed E-state index contributed by atoms with van der Waals surface area (Å²) in [7, 11) is 0. The van der Waals surface area contributed by atoms with E-state index in [2.05, 4.69) is 9.97 Å². The number of carbonyl (C=O) groups excluding carboxylic acids is 1. The Balaban J connectivity index is 1.52. The second-order valence-corrected chi connectivity index (χ2v) is 9.01. The van der Waals surface area contributed by atoms with Crippen molar-refractivity contribution in [2.75, 3.05) is 37.6 Å². The monoisotopic (exact) mass is 493 g/mol. The van der Waals surface area contributed by atoms with Crippen molar-refractivity contribution >= 4 is 40.3 Å². The minimum Gasteiger partial charge on any atom is -0.508 e. The molecule has 1 saturated heterocycles. The van der Waals surface area contributed by atoms with Gasteiger partial charge in [0.15, 0.2) is 5.82 Å². The summed E-state index contributed by atoms with van der Waals surface area (Å²) in [6, 6.07) is 4.95. The van der Waals surface area contributed by atoms with Crippen molar-refractivity contribution in [2.45, 2.75) is 12.8 Å². The topological polar surface area (TPSA) is 95.6 Å². The van der Waals surface area contributed by atoms with Crippen molar-refractivity contribution < 1.29 is 14.3 Å². The minimum absolute atomic E-state index is 0.0710. The molecule has 1 aliphatic heterocycles. The number of anilines is 1. The number of benzene rings is 2. The maximum Gasteiger partial charge on any atom is 0.246 e. The summed E-state index contributed by atoms with van der Waals surface area (Å²) in [5.41, 5.74) is 8.16. The summed E-state index contributed by atoms with van der Waals surface area (Å²) in [6.07, 6.45) is 10.1. The van der Waals surface area contributed by atoms with E-state index in [1.807, 2.05) is 17.1 Å². The van der Waals surface area contributed by atoms with Crippen LogP contribution >= 0.6 is 11.6 Å². The molecule has 0 atom stereocenters. The zero-order valence-electron chi connectivity index (χ0n) is 19.0. The molecule has 7 nitrogen and oxygen atoms in total. The lowest BCUT2D eigenvalue weighted by molar-refractivity contribution is -0.126. The van der Waals surface area contributed by atoms with Gasteiger partial charge in [0.05, 0.1) is 5.02 Å². The molecule has 0 spiro atoms. The van der Waals surface area contributed by atoms with Crippen molar-refractivity contribution in [2.24, 2.45) is 5.73 Å². The number of aryl methyl sites for hydroxylation is 1. The van der Waals surface area contributed by atoms with E-state index in [4.69, 9.17) is 17.3 Å². The number of amides is 1. The summed E-state index contributed by atoms with van der Waals surface area (Å²) in [5, 5.41) is 11.0. The van der Waals surface area contributed by atoms with Gasteiger partial charge in [-0.1, -0.05) is 29.8 Å². The number of hydrogen-bond donors (Lipinski definition) is 2. The van der Waals surface area contributed by atoms with Gasteiger partial charge in [-0.15, -0.1) is 0 Å². The highest BCUT2D eigenvalue weighted by molar-refractivity contribution is 6.34. The highest BCUT2D eigenvalue weighted by Gasteiger charge is 2.26. The number of allylic oxidation sites excluding steroid dienone is 1. The van der Waals surface area contributed by atoms with E-state index in [1.54, 1.807) is 29.2 Å². The number of carbonyl (C=O) groups is 1. The number of nitrogens with two attached hydrogens (primary N) is 1. The van der Waals surface area contributed by atoms with Crippen LogP contribution in [0.5, 0.6) is 5.75 Å². The molecule has 2 aliphatic rings. The normalized spacial score (nSPS) is 15.7. The van der Waals surface area contributed by atoms with Crippen LogP contribution in [0.25, 0.3) is 28.1 Å². The van der Waals surface area contributed by atoms with Gasteiger partial charge in [-0.25, -0.2) is 14.4 Å². The van der Waals surface area contributed by atoms with Crippen LogP contribution in [0.4, 0.5) is 10.2 Å². The Hall–Kier alpha value is -3.49. The third-order valence-corrected chi connectivity index (χ3v) is 6.77. The fraction of sp³-hybridized carbons (Fsp3) is 0.269. The van der Waals surface area contributed by atoms with Crippen molar-refractivity contribution in [3.05, 3.63) is 64.7 Å². The average Bonchev–Trinajstić information content (AvgIpc) is 2.87. The Labute approximate surface area is 207 Å². The number of nitrogens with zero attached hydrogens (tertiary/aromatic N) is 4. The van der Waals surface area contributed by atoms with Gasteiger partial charge in [-0.3, -0.25) is 4.79 Å². The van der Waals surface area contributed by atoms with Gasteiger partial charge in [0, 0.05) is 49.7 Å². The van der Waals surface area contributed by atoms with Crippen LogP contribution in [0.15, 0.2) is 42.8 Å². The molecule has 0 saturated carbocycles. The van der Waals surface area contributed by atoms with Gasteiger partial charge in [-0.05, 0) is 47.7 Å². The summed E-state index contributed by atoms with van der Waals surface area (Å²) < 4.78 is 16.0. The van der Waals surface area contributed by atoms with Crippen LogP contribution < -0.4 is 10.6 Å². The fourth-order valence-corrected chi connectivity index (χ4v) is 5.07. The van der Waals surface area contributed by atoms with E-state index >= 15 is 4.39 Å². The van der Waals surface area contributed by atoms with E-state index in [1.165, 1.54) is 12.4 Å². The van der Waals surface area contributed by atoms with E-state index < -0.39 is 5.82 Å². The van der Waals surface area contributed by atoms with Crippen LogP contribution in [0.3, 0.4) is 0 Å². The molecular weight excluding hydrogens is 469 g/mol. The number of rotatable bonds is 4. The molecular formula is C26H25ClFN5O2. The number of hydrogen-bond acceptors (Lipinski definition) is 6. The van der Waals surface area contributed by atoms with Gasteiger partial charge < -0.3 is 20.6 Å². The number of phenolic OH excluding ortho intramolecular Hbond substituents is 1. The molecule has 0 unspecified atom stereocenters. The Morgan fingerprint density at radius 1 is 1.20 bits per heavy atom. The van der Waals surface area contributed by atoms with E-state index in [0.29, 0.717) is 49.5 Å². The summed E-state index contributed by atoms with van der Waals surface area (Å²) in [6.45, 7) is 2.42. The molecule has 1 aliphatic carbocycles. The molecule has 1 fully saturated rings. The van der Waals surface area contributed by atoms with Crippen molar-refractivity contribution in [1.82, 2.24) is 14.9 Å². The molecule has 0 radical (unpaired) electrons. The van der Waals surface area contributed by atoms with Crippen LogP contribution in [-0.2, 0) is 11.2 Å². The first kappa shape index (κ1) is 23.3. The smallest absolute Gasteiger partial charge is 0.246 e. The first-order valence-electron chi connectivity index (χ1n) is 11.5. The summed E-state index contributed by atoms with van der Waals surface area (Å²) >= 11 is 6.67. The lowest BCUT2D eigenvalue weighted by atomic mass is 9.89. The molecule has 0 bridgehead atoms. The molecule has 180 valence electrons. The van der Waals surface area contributed by atoms with Crippen molar-refractivity contribution in [3.8, 4) is 16.9 Å². The lowest BCUT2D eigenvalue weighted by Gasteiger charge is -2.35. The number of fused-ring (bicyclic) bond motifs is 2. The SMILES string of the molecule is NC/C=C/C(=O)N1CCN(c2ncnc3c(F)c(-c4cc(O)cc5c4C=CCC5)c(Cl)cc23)CC1. The molecule has 1 aromatic heterocycles. The molecule has 2 heterocycles. The Bertz CT molecular complexity index is 1370. The molecule has 1 amide bonds. The van der Waals surface area contributed by atoms with Crippen molar-refractivity contribution in [3.63, 3.8) is 0 Å². The molecule has 3 aromatic rings. The molecule has 5 rings (SSSR count). The van der Waals surface area contributed by atoms with Gasteiger partial charge in [-0.2, -0.15) is 0 Å². The standard InChI is InChI=1S/C26H25ClFN5O2/c27-21-14-20-25(24(28)23(21)19-13-17(34)12-16-4-1-2-5-18(16)19)30-15-31-26(20)33-10-8-32(9-11-33)22(35)6-3-7-29/h2-3,5-6,12-15,34H,1,4,7-11,29H2/b6-3+. The summed E-state index contributed by atoms with van der Waals surface area (Å²) in [4.78, 5) is 24.7. The quantitative estimate of drug-likeness (QED) is 0.535. The second kappa shape index (κ2) is 9.64. The number of halogens is 2. The second-order valence-electron chi connectivity index (χ2n) is 8.60. The number of aromatic hydroxyl groups is 1. The van der Waals surface area contributed by atoms with Gasteiger partial charge in [0.2, 0.25) is 5.91 Å². The predicted octanol–water partition coefficient (Wildman–Crippen LogP) is 3.92. The van der Waals surface area contributed by atoms with E-state index in [0.717, 1.165) is 24.0 Å². The maximum atomic E-state index is 16.0. The van der Waals surface area contributed by atoms with Crippen LogP contribution in [0.1, 0.15) is 17.5 Å². The van der Waals surface area contributed by atoms with E-state index in [9.17, 15) is 9.90 Å². The van der Waals surface area contributed by atoms with Gasteiger partial charge in [0.25, 0.3) is 0 Å². The van der Waals surface area contributed by atoms with Crippen LogP contribution in [0.2, 0.25) is 5.02 Å². The number of aromatic nitrogens is 2. The first-order chi connectivity index (χ1) is 17.0. The third kappa shape index (κ3) is 4.35. The third-order valence-electron chi connectivity index (χ3n) is 6.47. The van der Waals surface area contributed by atoms with E-state index in [-0.39, 0.29) is 27.8 Å². The average molecular weight is 494 g/mol. The molecule has 35 heavy (non-hydrogen) atoms. The van der Waals surface area contributed by atoms with Crippen molar-refractivity contribution in [1.29, 1.82) is 0 Å². The zero-order chi connectivity index (χ0) is 24.5. The molecule has 2 aromatic carbocycles. The minimum atomic E-state index is -0.552. The summed E-state index contributed by atoms with van der Waals surface area (Å²) in [5.74, 6) is 0.0139. The Morgan fingerprint density at radius 3 is 2.77 bits per heavy atom. The first-order valence-corrected chi connectivity index (χ1v) is 11.9. The molecule has 9 heteroatoms. The highest BCUT2D eigenvalue weighted by Crippen LogP contribution is 2.42. The fourth-order valence-electron chi connectivity index (χ4n) is 4.78. The van der Waals surface area contributed by atoms with Gasteiger partial charge >= 0.3 is 0 Å².